The van der Waals surface area contributed by atoms with Gasteiger partial charge in [0.25, 0.3) is 0 Å². The maximum atomic E-state index is 9.53. The van der Waals surface area contributed by atoms with E-state index in [0.29, 0.717) is 5.57 Å². The fourth-order valence-corrected chi connectivity index (χ4v) is 2.54. The zero-order chi connectivity index (χ0) is 16.2. The van der Waals surface area contributed by atoms with Gasteiger partial charge < -0.3 is 4.74 Å². The van der Waals surface area contributed by atoms with Crippen LogP contribution in [0.25, 0.3) is 22.6 Å². The van der Waals surface area contributed by atoms with Crippen molar-refractivity contribution in [2.24, 2.45) is 0 Å². The average molecular weight is 300 g/mol. The molecular weight excluding hydrogens is 284 g/mol. The van der Waals surface area contributed by atoms with Crippen molar-refractivity contribution in [2.75, 3.05) is 7.11 Å². The van der Waals surface area contributed by atoms with Crippen molar-refractivity contribution < 1.29 is 4.74 Å². The van der Waals surface area contributed by atoms with Gasteiger partial charge in [-0.2, -0.15) is 5.26 Å². The van der Waals surface area contributed by atoms with E-state index >= 15 is 0 Å². The quantitative estimate of drug-likeness (QED) is 0.663. The number of hydrogen-bond acceptors (Lipinski definition) is 3. The third kappa shape index (κ3) is 3.22. The number of pyridine rings is 1. The number of aryl methyl sites for hydroxylation is 1. The Morgan fingerprint density at radius 1 is 1.17 bits per heavy atom. The highest BCUT2D eigenvalue weighted by Crippen LogP contribution is 2.24. The summed E-state index contributed by atoms with van der Waals surface area (Å²) in [4.78, 5) is 4.43. The molecule has 0 atom stereocenters. The number of benzene rings is 2. The minimum atomic E-state index is 0.587. The predicted octanol–water partition coefficient (Wildman–Crippen LogP) is 4.62. The predicted molar refractivity (Wildman–Crippen MR) is 93.0 cm³/mol. The van der Waals surface area contributed by atoms with Crippen LogP contribution in [0.2, 0.25) is 0 Å². The smallest absolute Gasteiger partial charge is 0.119 e. The summed E-state index contributed by atoms with van der Waals surface area (Å²) in [5.74, 6) is 0.748. The first-order valence-corrected chi connectivity index (χ1v) is 7.32. The van der Waals surface area contributed by atoms with Crippen molar-refractivity contribution in [1.29, 1.82) is 5.26 Å². The van der Waals surface area contributed by atoms with Crippen LogP contribution >= 0.6 is 0 Å². The highest BCUT2D eigenvalue weighted by molar-refractivity contribution is 5.91. The van der Waals surface area contributed by atoms with Gasteiger partial charge in [0.1, 0.15) is 5.75 Å². The lowest BCUT2D eigenvalue weighted by molar-refractivity contribution is 0.414. The van der Waals surface area contributed by atoms with E-state index in [-0.39, 0.29) is 0 Å². The first kappa shape index (κ1) is 14.8. The van der Waals surface area contributed by atoms with Gasteiger partial charge in [-0.25, -0.2) is 0 Å². The molecule has 3 nitrogen and oxygen atoms in total. The number of nitriles is 1. The third-order valence-electron chi connectivity index (χ3n) is 3.64. The van der Waals surface area contributed by atoms with Crippen molar-refractivity contribution in [3.63, 3.8) is 0 Å². The summed E-state index contributed by atoms with van der Waals surface area (Å²) in [6.45, 7) is 1.98. The average Bonchev–Trinajstić information content (AvgIpc) is 2.58. The van der Waals surface area contributed by atoms with E-state index in [1.54, 1.807) is 13.3 Å². The molecule has 23 heavy (non-hydrogen) atoms. The molecule has 0 aliphatic rings. The molecule has 2 aromatic carbocycles. The molecule has 0 N–H and O–H groups in total. The molecule has 1 heterocycles. The van der Waals surface area contributed by atoms with E-state index in [0.717, 1.165) is 33.3 Å². The van der Waals surface area contributed by atoms with Gasteiger partial charge >= 0.3 is 0 Å². The van der Waals surface area contributed by atoms with Gasteiger partial charge in [0, 0.05) is 11.6 Å². The Kier molecular flexibility index (Phi) is 4.07. The van der Waals surface area contributed by atoms with E-state index in [1.165, 1.54) is 0 Å². The molecule has 0 spiro atoms. The molecule has 3 heteroatoms. The SMILES string of the molecule is COc1cc(C)cc(/C(C#N)=C/c2cnc3ccccc3c2)c1. The summed E-state index contributed by atoms with van der Waals surface area (Å²) >= 11 is 0. The van der Waals surface area contributed by atoms with Crippen LogP contribution < -0.4 is 4.74 Å². The molecule has 0 bridgehead atoms. The summed E-state index contributed by atoms with van der Waals surface area (Å²) in [6.07, 6.45) is 3.64. The second-order valence-corrected chi connectivity index (χ2v) is 5.37. The van der Waals surface area contributed by atoms with Crippen LogP contribution in [0.4, 0.5) is 0 Å². The Labute approximate surface area is 135 Å². The van der Waals surface area contributed by atoms with E-state index < -0.39 is 0 Å². The van der Waals surface area contributed by atoms with Crippen molar-refractivity contribution in [3.8, 4) is 11.8 Å². The number of ether oxygens (including phenoxy) is 1. The number of allylic oxidation sites excluding steroid dienone is 1. The van der Waals surface area contributed by atoms with Crippen molar-refractivity contribution in [3.05, 3.63) is 71.4 Å². The molecule has 0 unspecified atom stereocenters. The second kappa shape index (κ2) is 6.33. The molecule has 0 fully saturated rings. The number of rotatable bonds is 3. The normalized spacial score (nSPS) is 11.3. The maximum absolute atomic E-state index is 9.53. The number of methoxy groups -OCH3 is 1. The monoisotopic (exact) mass is 300 g/mol. The van der Waals surface area contributed by atoms with Crippen LogP contribution in [0, 0.1) is 18.3 Å². The largest absolute Gasteiger partial charge is 0.497 e. The number of para-hydroxylation sites is 1. The molecule has 0 saturated carbocycles. The molecule has 0 amide bonds. The van der Waals surface area contributed by atoms with Crippen molar-refractivity contribution in [1.82, 2.24) is 4.98 Å². The van der Waals surface area contributed by atoms with Gasteiger partial charge in [-0.05, 0) is 54.0 Å². The second-order valence-electron chi connectivity index (χ2n) is 5.37. The van der Waals surface area contributed by atoms with Crippen LogP contribution in [0.1, 0.15) is 16.7 Å². The lowest BCUT2D eigenvalue weighted by Gasteiger charge is -2.06. The lowest BCUT2D eigenvalue weighted by atomic mass is 10.0. The topological polar surface area (TPSA) is 45.9 Å². The summed E-state index contributed by atoms with van der Waals surface area (Å²) in [5.41, 5.74) is 4.33. The zero-order valence-electron chi connectivity index (χ0n) is 13.1. The Balaban J connectivity index is 2.07. The van der Waals surface area contributed by atoms with Gasteiger partial charge in [0.2, 0.25) is 0 Å². The minimum Gasteiger partial charge on any atom is -0.497 e. The van der Waals surface area contributed by atoms with Gasteiger partial charge in [-0.15, -0.1) is 0 Å². The van der Waals surface area contributed by atoms with Gasteiger partial charge in [0.05, 0.1) is 24.3 Å². The summed E-state index contributed by atoms with van der Waals surface area (Å²) in [6, 6.07) is 18.0. The highest BCUT2D eigenvalue weighted by atomic mass is 16.5. The molecule has 1 aromatic heterocycles. The first-order valence-electron chi connectivity index (χ1n) is 7.32. The summed E-state index contributed by atoms with van der Waals surface area (Å²) in [5, 5.41) is 10.6. The van der Waals surface area contributed by atoms with Crippen LogP contribution in [-0.4, -0.2) is 12.1 Å². The maximum Gasteiger partial charge on any atom is 0.119 e. The Morgan fingerprint density at radius 2 is 2.00 bits per heavy atom. The van der Waals surface area contributed by atoms with Crippen LogP contribution in [0.5, 0.6) is 5.75 Å². The van der Waals surface area contributed by atoms with Crippen molar-refractivity contribution in [2.45, 2.75) is 6.92 Å². The molecule has 0 radical (unpaired) electrons. The van der Waals surface area contributed by atoms with Gasteiger partial charge in [-0.1, -0.05) is 24.3 Å². The molecule has 112 valence electrons. The lowest BCUT2D eigenvalue weighted by Crippen LogP contribution is -1.89. The van der Waals surface area contributed by atoms with Gasteiger partial charge in [-0.3, -0.25) is 4.98 Å². The van der Waals surface area contributed by atoms with Crippen molar-refractivity contribution >= 4 is 22.6 Å². The Hall–Kier alpha value is -3.12. The first-order chi connectivity index (χ1) is 11.2. The van der Waals surface area contributed by atoms with E-state index in [1.807, 2.05) is 61.5 Å². The van der Waals surface area contributed by atoms with Crippen LogP contribution in [0.15, 0.2) is 54.7 Å². The molecule has 0 aliphatic heterocycles. The van der Waals surface area contributed by atoms with E-state index in [2.05, 4.69) is 11.1 Å². The highest BCUT2D eigenvalue weighted by Gasteiger charge is 2.05. The molecule has 3 rings (SSSR count). The fraction of sp³-hybridized carbons (Fsp3) is 0.100. The Morgan fingerprint density at radius 3 is 2.78 bits per heavy atom. The zero-order valence-corrected chi connectivity index (χ0v) is 13.1. The van der Waals surface area contributed by atoms with E-state index in [9.17, 15) is 5.26 Å². The number of aromatic nitrogens is 1. The molecule has 3 aromatic rings. The minimum absolute atomic E-state index is 0.587. The van der Waals surface area contributed by atoms with Crippen LogP contribution in [-0.2, 0) is 0 Å². The molecule has 0 saturated heterocycles. The fourth-order valence-electron chi connectivity index (χ4n) is 2.54. The Bertz CT molecular complexity index is 936. The summed E-state index contributed by atoms with van der Waals surface area (Å²) in [7, 11) is 1.63. The van der Waals surface area contributed by atoms with Crippen LogP contribution in [0.3, 0.4) is 0 Å². The van der Waals surface area contributed by atoms with Gasteiger partial charge in [0.15, 0.2) is 0 Å². The third-order valence-corrected chi connectivity index (χ3v) is 3.64. The van der Waals surface area contributed by atoms with E-state index in [4.69, 9.17) is 4.74 Å². The molecular formula is C20H16N2O. The number of hydrogen-bond donors (Lipinski definition) is 0. The number of nitrogens with zero attached hydrogens (tertiary/aromatic N) is 2. The standard InChI is InChI=1S/C20H16N2O/c1-14-7-17(11-19(8-14)23-2)18(12-21)10-15-9-16-5-3-4-6-20(16)22-13-15/h3-11,13H,1-2H3/b18-10+. The number of fused-ring (bicyclic) bond motifs is 1. The molecule has 0 aliphatic carbocycles. The summed E-state index contributed by atoms with van der Waals surface area (Å²) < 4.78 is 5.29.